The number of piperidine rings is 1. The molecule has 2 aliphatic heterocycles. The molecule has 0 saturated carbocycles. The third-order valence-electron chi connectivity index (χ3n) is 4.75. The number of ether oxygens (including phenoxy) is 1. The lowest BCUT2D eigenvalue weighted by atomic mass is 9.96. The molecule has 2 N–H and O–H groups in total. The summed E-state index contributed by atoms with van der Waals surface area (Å²) >= 11 is 0. The van der Waals surface area contributed by atoms with E-state index in [0.29, 0.717) is 45.6 Å². The number of amides is 1. The van der Waals surface area contributed by atoms with Crippen LogP contribution in [0.15, 0.2) is 0 Å². The third kappa shape index (κ3) is 4.43. The van der Waals surface area contributed by atoms with Gasteiger partial charge in [-0.3, -0.25) is 9.69 Å². The van der Waals surface area contributed by atoms with Gasteiger partial charge in [0.2, 0.25) is 5.91 Å². The molecule has 2 saturated heterocycles. The normalized spacial score (nSPS) is 25.0. The maximum absolute atomic E-state index is 12.6. The van der Waals surface area contributed by atoms with E-state index in [1.807, 2.05) is 13.8 Å². The molecule has 0 aromatic carbocycles. The largest absolute Gasteiger partial charge is 0.373 e. The number of nitrogens with one attached hydrogen (secondary N) is 2. The number of hydrogen-bond acceptors (Lipinski definition) is 6. The third-order valence-corrected chi connectivity index (χ3v) is 6.77. The maximum atomic E-state index is 12.6. The number of carbonyl (C=O) groups is 1. The van der Waals surface area contributed by atoms with Crippen LogP contribution in [-0.4, -0.2) is 81.7 Å². The molecule has 2 rings (SSSR count). The van der Waals surface area contributed by atoms with Gasteiger partial charge in [0.1, 0.15) is 0 Å². The fourth-order valence-corrected chi connectivity index (χ4v) is 4.75. The van der Waals surface area contributed by atoms with E-state index in [4.69, 9.17) is 4.74 Å². The summed E-state index contributed by atoms with van der Waals surface area (Å²) < 4.78 is 28.8. The van der Waals surface area contributed by atoms with Crippen LogP contribution in [0.1, 0.15) is 26.7 Å². The van der Waals surface area contributed by atoms with E-state index in [2.05, 4.69) is 15.5 Å². The Morgan fingerprint density at radius 2 is 1.96 bits per heavy atom. The van der Waals surface area contributed by atoms with Gasteiger partial charge in [-0.2, -0.15) is 0 Å². The zero-order chi connectivity index (χ0) is 17.1. The van der Waals surface area contributed by atoms with E-state index < -0.39 is 14.6 Å². The lowest BCUT2D eigenvalue weighted by molar-refractivity contribution is -0.124. The van der Waals surface area contributed by atoms with Crippen molar-refractivity contribution in [3.05, 3.63) is 0 Å². The van der Waals surface area contributed by atoms with E-state index in [9.17, 15) is 13.2 Å². The summed E-state index contributed by atoms with van der Waals surface area (Å²) in [5, 5.41) is 5.96. The molecule has 2 fully saturated rings. The molecule has 134 valence electrons. The Balaban J connectivity index is 1.90. The molecule has 2 aliphatic rings. The van der Waals surface area contributed by atoms with Crippen molar-refractivity contribution < 1.29 is 17.9 Å². The molecule has 0 aromatic heterocycles. The highest BCUT2D eigenvalue weighted by Gasteiger charge is 2.48. The lowest BCUT2D eigenvalue weighted by Gasteiger charge is -2.38. The summed E-state index contributed by atoms with van der Waals surface area (Å²) in [7, 11) is -3.45. The molecular weight excluding hydrogens is 318 g/mol. The van der Waals surface area contributed by atoms with Gasteiger partial charge in [0.15, 0.2) is 14.6 Å². The van der Waals surface area contributed by atoms with Gasteiger partial charge in [-0.1, -0.05) is 0 Å². The first kappa shape index (κ1) is 18.6. The van der Waals surface area contributed by atoms with Crippen LogP contribution in [0, 0.1) is 0 Å². The van der Waals surface area contributed by atoms with Gasteiger partial charge in [0.25, 0.3) is 0 Å². The first-order valence-electron chi connectivity index (χ1n) is 8.21. The van der Waals surface area contributed by atoms with Crippen LogP contribution >= 0.6 is 0 Å². The second-order valence-corrected chi connectivity index (χ2v) is 9.48. The summed E-state index contributed by atoms with van der Waals surface area (Å²) in [5.74, 6) is -0.353. The van der Waals surface area contributed by atoms with Crippen molar-refractivity contribution in [2.45, 2.75) is 37.0 Å². The molecule has 2 heterocycles. The van der Waals surface area contributed by atoms with E-state index in [1.165, 1.54) is 6.26 Å². The minimum absolute atomic E-state index is 0.175. The molecule has 1 amide bonds. The topological polar surface area (TPSA) is 87.7 Å². The molecule has 0 radical (unpaired) electrons. The summed E-state index contributed by atoms with van der Waals surface area (Å²) in [5.41, 5.74) is -0.175. The number of hydrogen-bond donors (Lipinski definition) is 2. The smallest absolute Gasteiger partial charge is 0.241 e. The van der Waals surface area contributed by atoms with E-state index >= 15 is 0 Å². The number of nitrogens with zero attached hydrogens (tertiary/aromatic N) is 1. The van der Waals surface area contributed by atoms with Crippen LogP contribution in [0.4, 0.5) is 0 Å². The van der Waals surface area contributed by atoms with Crippen molar-refractivity contribution in [2.24, 2.45) is 0 Å². The van der Waals surface area contributed by atoms with Crippen LogP contribution in [0.3, 0.4) is 0 Å². The average Bonchev–Trinajstić information content (AvgIpc) is 2.45. The Morgan fingerprint density at radius 1 is 1.30 bits per heavy atom. The van der Waals surface area contributed by atoms with Gasteiger partial charge in [-0.25, -0.2) is 8.42 Å². The number of rotatable bonds is 5. The minimum atomic E-state index is -3.45. The highest BCUT2D eigenvalue weighted by Crippen LogP contribution is 2.27. The predicted octanol–water partition coefficient (Wildman–Crippen LogP) is -0.620. The van der Waals surface area contributed by atoms with Crippen LogP contribution < -0.4 is 10.6 Å². The van der Waals surface area contributed by atoms with Gasteiger partial charge in [-0.15, -0.1) is 0 Å². The van der Waals surface area contributed by atoms with Gasteiger partial charge in [-0.05, 0) is 39.8 Å². The lowest BCUT2D eigenvalue weighted by Crippen LogP contribution is -2.58. The summed E-state index contributed by atoms with van der Waals surface area (Å²) in [6.45, 7) is 8.69. The Bertz CT molecular complexity index is 527. The number of carbonyl (C=O) groups excluding carboxylic acids is 1. The zero-order valence-corrected chi connectivity index (χ0v) is 15.2. The van der Waals surface area contributed by atoms with Gasteiger partial charge in [0.05, 0.1) is 12.2 Å². The fraction of sp³-hybridized carbons (Fsp3) is 0.933. The molecule has 0 atom stereocenters. The molecule has 0 spiro atoms. The zero-order valence-electron chi connectivity index (χ0n) is 14.4. The molecule has 0 unspecified atom stereocenters. The minimum Gasteiger partial charge on any atom is -0.373 e. The quantitative estimate of drug-likeness (QED) is 0.689. The fourth-order valence-electron chi connectivity index (χ4n) is 3.39. The number of morpholine rings is 1. The molecule has 0 bridgehead atoms. The van der Waals surface area contributed by atoms with Crippen LogP contribution in [0.2, 0.25) is 0 Å². The van der Waals surface area contributed by atoms with Crippen molar-refractivity contribution in [2.75, 3.05) is 52.1 Å². The second kappa shape index (κ2) is 7.04. The first-order chi connectivity index (χ1) is 10.7. The molecule has 0 aromatic rings. The monoisotopic (exact) mass is 347 g/mol. The van der Waals surface area contributed by atoms with Crippen LogP contribution in [0.25, 0.3) is 0 Å². The van der Waals surface area contributed by atoms with E-state index in [0.717, 1.165) is 13.1 Å². The Kier molecular flexibility index (Phi) is 5.71. The SMILES string of the molecule is CC1(C)CN(CCNC(=O)C2(S(C)(=O)=O)CCNCC2)CCO1. The van der Waals surface area contributed by atoms with Crippen molar-refractivity contribution in [1.29, 1.82) is 0 Å². The molecule has 7 nitrogen and oxygen atoms in total. The predicted molar refractivity (Wildman–Crippen MR) is 89.2 cm³/mol. The average molecular weight is 347 g/mol. The van der Waals surface area contributed by atoms with Crippen LogP contribution in [0.5, 0.6) is 0 Å². The molecule has 0 aliphatic carbocycles. The number of sulfone groups is 1. The van der Waals surface area contributed by atoms with E-state index in [-0.39, 0.29) is 11.5 Å². The highest BCUT2D eigenvalue weighted by atomic mass is 32.2. The van der Waals surface area contributed by atoms with Crippen LogP contribution in [-0.2, 0) is 19.4 Å². The standard InChI is InChI=1S/C15H29N3O4S/c1-14(2)12-18(10-11-22-14)9-8-17-13(19)15(23(3,20)21)4-6-16-7-5-15/h16H,4-12H2,1-3H3,(H,17,19). The Hall–Kier alpha value is -0.700. The van der Waals surface area contributed by atoms with Crippen molar-refractivity contribution in [3.63, 3.8) is 0 Å². The summed E-state index contributed by atoms with van der Waals surface area (Å²) in [6, 6.07) is 0. The first-order valence-corrected chi connectivity index (χ1v) is 10.1. The summed E-state index contributed by atoms with van der Waals surface area (Å²) in [6.07, 6.45) is 1.84. The second-order valence-electron chi connectivity index (χ2n) is 7.16. The summed E-state index contributed by atoms with van der Waals surface area (Å²) in [4.78, 5) is 14.8. The molecule has 23 heavy (non-hydrogen) atoms. The Labute approximate surface area is 139 Å². The maximum Gasteiger partial charge on any atom is 0.241 e. The van der Waals surface area contributed by atoms with Crippen molar-refractivity contribution in [3.8, 4) is 0 Å². The van der Waals surface area contributed by atoms with Crippen molar-refractivity contribution in [1.82, 2.24) is 15.5 Å². The molecular formula is C15H29N3O4S. The van der Waals surface area contributed by atoms with Gasteiger partial charge in [0, 0.05) is 32.4 Å². The van der Waals surface area contributed by atoms with Crippen molar-refractivity contribution >= 4 is 15.7 Å². The highest BCUT2D eigenvalue weighted by molar-refractivity contribution is 7.92. The van der Waals surface area contributed by atoms with Gasteiger partial charge < -0.3 is 15.4 Å². The Morgan fingerprint density at radius 3 is 2.52 bits per heavy atom. The molecule has 8 heteroatoms. The van der Waals surface area contributed by atoms with Gasteiger partial charge >= 0.3 is 0 Å². The van der Waals surface area contributed by atoms with E-state index in [1.54, 1.807) is 0 Å².